The molecule has 9 heteroatoms. The number of carbonyl (C=O) groups is 1. The van der Waals surface area contributed by atoms with Crippen molar-refractivity contribution in [1.29, 1.82) is 0 Å². The number of nitrogens with zero attached hydrogens (tertiary/aromatic N) is 2. The van der Waals surface area contributed by atoms with Crippen LogP contribution in [0, 0.1) is 5.82 Å². The van der Waals surface area contributed by atoms with E-state index in [1.165, 1.54) is 39.2 Å². The van der Waals surface area contributed by atoms with Crippen molar-refractivity contribution in [3.8, 4) is 17.2 Å². The van der Waals surface area contributed by atoms with Crippen LogP contribution in [0.4, 0.5) is 4.39 Å². The molecule has 0 saturated heterocycles. The zero-order valence-corrected chi connectivity index (χ0v) is 17.8. The van der Waals surface area contributed by atoms with Gasteiger partial charge in [-0.15, -0.1) is 0 Å². The van der Waals surface area contributed by atoms with Gasteiger partial charge in [-0.1, -0.05) is 29.4 Å². The average molecular weight is 439 g/mol. The van der Waals surface area contributed by atoms with E-state index in [0.717, 1.165) is 0 Å². The molecule has 0 saturated carbocycles. The van der Waals surface area contributed by atoms with Crippen molar-refractivity contribution in [3.63, 3.8) is 0 Å². The van der Waals surface area contributed by atoms with Crippen molar-refractivity contribution in [2.24, 2.45) is 4.99 Å². The summed E-state index contributed by atoms with van der Waals surface area (Å²) in [5.41, 5.74) is 0.757. The van der Waals surface area contributed by atoms with Crippen LogP contribution in [-0.4, -0.2) is 50.4 Å². The van der Waals surface area contributed by atoms with E-state index >= 15 is 0 Å². The van der Waals surface area contributed by atoms with Crippen LogP contribution >= 0.6 is 23.4 Å². The highest BCUT2D eigenvalue weighted by Gasteiger charge is 2.27. The molecule has 29 heavy (non-hydrogen) atoms. The molecule has 154 valence electrons. The number of hydrogen-bond acceptors (Lipinski definition) is 6. The molecule has 0 aliphatic carbocycles. The van der Waals surface area contributed by atoms with E-state index in [4.69, 9.17) is 25.8 Å². The molecule has 0 unspecified atom stereocenters. The maximum Gasteiger partial charge on any atom is 0.260 e. The van der Waals surface area contributed by atoms with Gasteiger partial charge >= 0.3 is 0 Å². The Morgan fingerprint density at radius 2 is 1.90 bits per heavy atom. The minimum Gasteiger partial charge on any atom is -0.493 e. The Balaban J connectivity index is 1.81. The lowest BCUT2D eigenvalue weighted by atomic mass is 10.1. The highest BCUT2D eigenvalue weighted by Crippen LogP contribution is 2.39. The number of benzene rings is 2. The number of thioether (sulfide) groups is 1. The van der Waals surface area contributed by atoms with Crippen LogP contribution in [0.1, 0.15) is 15.9 Å². The standard InChI is InChI=1S/C20H20ClFN2O4S/c1-26-16-9-12(10-17(27-2)18(16)28-3)19(25)24-8-7-23-20(24)29-11-13-14(21)5-4-6-15(13)22/h4-6,9-10H,7-8,11H2,1-3H3. The van der Waals surface area contributed by atoms with Crippen molar-refractivity contribution in [2.45, 2.75) is 5.75 Å². The van der Waals surface area contributed by atoms with Gasteiger partial charge in [-0.2, -0.15) is 0 Å². The zero-order valence-electron chi connectivity index (χ0n) is 16.2. The first-order valence-corrected chi connectivity index (χ1v) is 10.1. The van der Waals surface area contributed by atoms with Gasteiger partial charge in [0.2, 0.25) is 5.75 Å². The van der Waals surface area contributed by atoms with Crippen LogP contribution < -0.4 is 14.2 Å². The summed E-state index contributed by atoms with van der Waals surface area (Å²) in [5.74, 6) is 0.810. The minimum atomic E-state index is -0.383. The van der Waals surface area contributed by atoms with Crippen molar-refractivity contribution in [1.82, 2.24) is 4.90 Å². The van der Waals surface area contributed by atoms with E-state index in [-0.39, 0.29) is 17.5 Å². The maximum absolute atomic E-state index is 14.0. The van der Waals surface area contributed by atoms with Gasteiger partial charge in [-0.25, -0.2) is 4.39 Å². The van der Waals surface area contributed by atoms with Crippen LogP contribution in [0.25, 0.3) is 0 Å². The Kier molecular flexibility index (Phi) is 6.87. The molecule has 0 spiro atoms. The summed E-state index contributed by atoms with van der Waals surface area (Å²) in [6.45, 7) is 0.909. The summed E-state index contributed by atoms with van der Waals surface area (Å²) in [6.07, 6.45) is 0. The predicted molar refractivity (Wildman–Crippen MR) is 112 cm³/mol. The largest absolute Gasteiger partial charge is 0.493 e. The lowest BCUT2D eigenvalue weighted by Crippen LogP contribution is -2.33. The molecule has 6 nitrogen and oxygen atoms in total. The van der Waals surface area contributed by atoms with Crippen molar-refractivity contribution in [3.05, 3.63) is 52.3 Å². The van der Waals surface area contributed by atoms with Gasteiger partial charge in [0.05, 0.1) is 27.9 Å². The first-order chi connectivity index (χ1) is 14.0. The number of carbonyl (C=O) groups excluding carboxylic acids is 1. The normalized spacial score (nSPS) is 13.3. The molecule has 3 rings (SSSR count). The number of amidine groups is 1. The Morgan fingerprint density at radius 1 is 1.21 bits per heavy atom. The highest BCUT2D eigenvalue weighted by atomic mass is 35.5. The number of ether oxygens (including phenoxy) is 3. The van der Waals surface area contributed by atoms with E-state index in [1.807, 2.05) is 0 Å². The Hall–Kier alpha value is -2.45. The molecule has 1 aliphatic rings. The molecule has 0 fully saturated rings. The van der Waals surface area contributed by atoms with Gasteiger partial charge in [-0.05, 0) is 24.3 Å². The minimum absolute atomic E-state index is 0.257. The second kappa shape index (κ2) is 9.37. The van der Waals surface area contributed by atoms with Crippen LogP contribution in [0.15, 0.2) is 35.3 Å². The number of hydrogen-bond donors (Lipinski definition) is 0. The van der Waals surface area contributed by atoms with Gasteiger partial charge in [0.1, 0.15) is 5.82 Å². The molecule has 0 N–H and O–H groups in total. The molecule has 2 aromatic rings. The molecule has 1 amide bonds. The molecule has 2 aromatic carbocycles. The molecule has 0 atom stereocenters. The van der Waals surface area contributed by atoms with Gasteiger partial charge in [0, 0.05) is 28.4 Å². The second-order valence-electron chi connectivity index (χ2n) is 6.02. The number of aliphatic imine (C=N–C) groups is 1. The fourth-order valence-corrected chi connectivity index (χ4v) is 4.29. The van der Waals surface area contributed by atoms with Crippen molar-refractivity contribution < 1.29 is 23.4 Å². The lowest BCUT2D eigenvalue weighted by molar-refractivity contribution is 0.0860. The molecule has 1 aliphatic heterocycles. The Morgan fingerprint density at radius 3 is 2.48 bits per heavy atom. The van der Waals surface area contributed by atoms with E-state index in [0.29, 0.717) is 51.7 Å². The van der Waals surface area contributed by atoms with Gasteiger partial charge in [0.25, 0.3) is 5.91 Å². The van der Waals surface area contributed by atoms with E-state index in [2.05, 4.69) is 4.99 Å². The average Bonchev–Trinajstić information content (AvgIpc) is 3.20. The Bertz CT molecular complexity index is 909. The summed E-state index contributed by atoms with van der Waals surface area (Å²) < 4.78 is 30.0. The first-order valence-electron chi connectivity index (χ1n) is 8.72. The van der Waals surface area contributed by atoms with Crippen LogP contribution in [0.5, 0.6) is 17.2 Å². The predicted octanol–water partition coefficient (Wildman–Crippen LogP) is 4.25. The summed E-state index contributed by atoms with van der Waals surface area (Å²) in [7, 11) is 4.47. The summed E-state index contributed by atoms with van der Waals surface area (Å²) in [6, 6.07) is 7.74. The van der Waals surface area contributed by atoms with E-state index in [9.17, 15) is 9.18 Å². The van der Waals surface area contributed by atoms with Gasteiger partial charge in [-0.3, -0.25) is 14.7 Å². The molecular formula is C20H20ClFN2O4S. The fraction of sp³-hybridized carbons (Fsp3) is 0.300. The van der Waals surface area contributed by atoms with Crippen molar-refractivity contribution >= 4 is 34.4 Å². The SMILES string of the molecule is COc1cc(C(=O)N2CCN=C2SCc2c(F)cccc2Cl)cc(OC)c1OC. The number of methoxy groups -OCH3 is 3. The molecule has 0 radical (unpaired) electrons. The van der Waals surface area contributed by atoms with Crippen LogP contribution in [-0.2, 0) is 5.75 Å². The second-order valence-corrected chi connectivity index (χ2v) is 7.37. The molecule has 1 heterocycles. The van der Waals surface area contributed by atoms with Gasteiger partial charge < -0.3 is 14.2 Å². The van der Waals surface area contributed by atoms with Gasteiger partial charge in [0.15, 0.2) is 16.7 Å². The first kappa shape index (κ1) is 21.3. The zero-order chi connectivity index (χ0) is 21.0. The maximum atomic E-state index is 14.0. The molecule has 0 bridgehead atoms. The molecular weight excluding hydrogens is 419 g/mol. The van der Waals surface area contributed by atoms with Crippen molar-refractivity contribution in [2.75, 3.05) is 34.4 Å². The third-order valence-corrected chi connectivity index (χ3v) is 5.76. The smallest absolute Gasteiger partial charge is 0.260 e. The third-order valence-electron chi connectivity index (χ3n) is 4.37. The number of rotatable bonds is 6. The fourth-order valence-electron chi connectivity index (χ4n) is 2.91. The van der Waals surface area contributed by atoms with E-state index < -0.39 is 0 Å². The quantitative estimate of drug-likeness (QED) is 0.674. The number of amides is 1. The third kappa shape index (κ3) is 4.43. The van der Waals surface area contributed by atoms with E-state index in [1.54, 1.807) is 29.2 Å². The summed E-state index contributed by atoms with van der Waals surface area (Å²) in [5, 5.41) is 0.863. The Labute approximate surface area is 177 Å². The number of halogens is 2. The topological polar surface area (TPSA) is 60.4 Å². The summed E-state index contributed by atoms with van der Waals surface area (Å²) in [4.78, 5) is 19.1. The highest BCUT2D eigenvalue weighted by molar-refractivity contribution is 8.13. The van der Waals surface area contributed by atoms with Crippen LogP contribution in [0.3, 0.4) is 0 Å². The monoisotopic (exact) mass is 438 g/mol. The molecule has 0 aromatic heterocycles. The van der Waals surface area contributed by atoms with Crippen LogP contribution in [0.2, 0.25) is 5.02 Å². The summed E-state index contributed by atoms with van der Waals surface area (Å²) >= 11 is 7.36. The lowest BCUT2D eigenvalue weighted by Gasteiger charge is -2.20.